The van der Waals surface area contributed by atoms with Gasteiger partial charge in [0.15, 0.2) is 0 Å². The molecular weight excluding hydrogens is 430 g/mol. The van der Waals surface area contributed by atoms with E-state index >= 15 is 0 Å². The van der Waals surface area contributed by atoms with Crippen molar-refractivity contribution in [1.82, 2.24) is 29.1 Å². The lowest BCUT2D eigenvalue weighted by Crippen LogP contribution is -2.27. The Morgan fingerprint density at radius 1 is 1.06 bits per heavy atom. The highest BCUT2D eigenvalue weighted by Crippen LogP contribution is 2.34. The number of nitrogens with one attached hydrogen (secondary N) is 1. The molecule has 9 heteroatoms. The molecule has 5 aromatic rings. The second-order valence-corrected chi connectivity index (χ2v) is 8.88. The van der Waals surface area contributed by atoms with Crippen LogP contribution >= 0.6 is 0 Å². The number of benzene rings is 2. The highest BCUT2D eigenvalue weighted by molar-refractivity contribution is 5.90. The Hall–Kier alpha value is -3.98. The molecule has 1 aliphatic carbocycles. The first-order valence-corrected chi connectivity index (χ1v) is 11.5. The fourth-order valence-corrected chi connectivity index (χ4v) is 5.33. The summed E-state index contributed by atoms with van der Waals surface area (Å²) in [6, 6.07) is 13.7. The Morgan fingerprint density at radius 2 is 1.82 bits per heavy atom. The van der Waals surface area contributed by atoms with Gasteiger partial charge in [-0.2, -0.15) is 10.2 Å². The second kappa shape index (κ2) is 7.81. The van der Waals surface area contributed by atoms with Crippen LogP contribution in [0.1, 0.15) is 37.4 Å². The first-order chi connectivity index (χ1) is 16.6. The van der Waals surface area contributed by atoms with E-state index in [-0.39, 0.29) is 23.8 Å². The lowest BCUT2D eigenvalue weighted by molar-refractivity contribution is 0.511. The van der Waals surface area contributed by atoms with E-state index in [0.29, 0.717) is 22.3 Å². The van der Waals surface area contributed by atoms with Crippen LogP contribution in [0.2, 0.25) is 0 Å². The summed E-state index contributed by atoms with van der Waals surface area (Å²) in [4.78, 5) is 26.2. The molecule has 0 aliphatic heterocycles. The number of para-hydroxylation sites is 2. The van der Waals surface area contributed by atoms with Crippen LogP contribution in [0.5, 0.6) is 0 Å². The molecule has 0 atom stereocenters. The highest BCUT2D eigenvalue weighted by atomic mass is 16.2. The molecule has 172 valence electrons. The van der Waals surface area contributed by atoms with Gasteiger partial charge in [-0.1, -0.05) is 31.0 Å². The molecule has 1 aliphatic rings. The van der Waals surface area contributed by atoms with Crippen LogP contribution in [0.3, 0.4) is 0 Å². The smallest absolute Gasteiger partial charge is 0.325 e. The van der Waals surface area contributed by atoms with Crippen LogP contribution in [-0.4, -0.2) is 29.1 Å². The second-order valence-electron chi connectivity index (χ2n) is 8.88. The van der Waals surface area contributed by atoms with Crippen molar-refractivity contribution >= 4 is 21.8 Å². The van der Waals surface area contributed by atoms with Crippen molar-refractivity contribution in [3.8, 4) is 16.9 Å². The van der Waals surface area contributed by atoms with Gasteiger partial charge in [0.05, 0.1) is 28.3 Å². The number of hydrogen-bond donors (Lipinski definition) is 2. The first kappa shape index (κ1) is 20.6. The number of hydrogen-bond acceptors (Lipinski definition) is 5. The predicted molar refractivity (Wildman–Crippen MR) is 131 cm³/mol. The van der Waals surface area contributed by atoms with E-state index in [9.17, 15) is 9.59 Å². The number of aromatic amines is 1. The maximum Gasteiger partial charge on any atom is 0.335 e. The molecule has 6 rings (SSSR count). The highest BCUT2D eigenvalue weighted by Gasteiger charge is 2.26. The van der Waals surface area contributed by atoms with Gasteiger partial charge in [-0.15, -0.1) is 0 Å². The molecule has 0 bridgehead atoms. The molecule has 0 saturated heterocycles. The molecular formula is C25H25N7O2. The van der Waals surface area contributed by atoms with Gasteiger partial charge in [-0.3, -0.25) is 14.0 Å². The van der Waals surface area contributed by atoms with Gasteiger partial charge in [-0.25, -0.2) is 14.5 Å². The standard InChI is InChI=1S/C25H25N7O2/c1-30-24(32-22-9-5-4-8-21(22)31(25(32)34)16-6-2-3-7-16)19(14-27-30)15-10-11-17-18(12-15)20(13-26)28-29-23(17)33/h4-5,8-12,14,16H,2-3,6-7,13,26H2,1H3,(H,29,33). The maximum atomic E-state index is 13.9. The minimum absolute atomic E-state index is 0.0560. The van der Waals surface area contributed by atoms with E-state index in [1.165, 1.54) is 0 Å². The molecule has 1 fully saturated rings. The summed E-state index contributed by atoms with van der Waals surface area (Å²) in [6.45, 7) is 0.199. The van der Waals surface area contributed by atoms with E-state index in [2.05, 4.69) is 15.3 Å². The van der Waals surface area contributed by atoms with Crippen LogP contribution in [0.4, 0.5) is 0 Å². The SMILES string of the molecule is Cn1ncc(-c2ccc3c(=O)[nH]nc(CN)c3c2)c1-n1c(=O)n(C2CCCC2)c2ccccc21. The van der Waals surface area contributed by atoms with E-state index in [4.69, 9.17) is 5.73 Å². The first-order valence-electron chi connectivity index (χ1n) is 11.5. The average Bonchev–Trinajstić information content (AvgIpc) is 3.57. The zero-order valence-corrected chi connectivity index (χ0v) is 18.9. The van der Waals surface area contributed by atoms with Gasteiger partial charge in [0, 0.05) is 30.6 Å². The van der Waals surface area contributed by atoms with Crippen molar-refractivity contribution in [2.24, 2.45) is 12.8 Å². The van der Waals surface area contributed by atoms with E-state index in [1.807, 2.05) is 48.0 Å². The number of rotatable bonds is 4. The lowest BCUT2D eigenvalue weighted by atomic mass is 10.0. The predicted octanol–water partition coefficient (Wildman–Crippen LogP) is 3.00. The van der Waals surface area contributed by atoms with E-state index in [0.717, 1.165) is 47.8 Å². The normalized spacial score (nSPS) is 14.5. The molecule has 0 radical (unpaired) electrons. The van der Waals surface area contributed by atoms with Crippen molar-refractivity contribution in [2.45, 2.75) is 38.3 Å². The Morgan fingerprint density at radius 3 is 2.59 bits per heavy atom. The third-order valence-corrected chi connectivity index (χ3v) is 6.96. The minimum atomic E-state index is -0.263. The van der Waals surface area contributed by atoms with E-state index < -0.39 is 0 Å². The Bertz CT molecular complexity index is 1660. The fraction of sp³-hybridized carbons (Fsp3) is 0.280. The van der Waals surface area contributed by atoms with Crippen LogP contribution in [0.25, 0.3) is 38.8 Å². The summed E-state index contributed by atoms with van der Waals surface area (Å²) in [5.41, 5.74) is 9.58. The summed E-state index contributed by atoms with van der Waals surface area (Å²) >= 11 is 0. The summed E-state index contributed by atoms with van der Waals surface area (Å²) < 4.78 is 5.45. The molecule has 3 N–H and O–H groups in total. The molecule has 0 unspecified atom stereocenters. The van der Waals surface area contributed by atoms with Gasteiger partial charge >= 0.3 is 5.69 Å². The molecule has 2 aromatic carbocycles. The Labute approximate surface area is 194 Å². The molecule has 0 amide bonds. The lowest BCUT2D eigenvalue weighted by Gasteiger charge is -2.11. The maximum absolute atomic E-state index is 13.9. The van der Waals surface area contributed by atoms with Crippen LogP contribution in [0, 0.1) is 0 Å². The van der Waals surface area contributed by atoms with Crippen LogP contribution < -0.4 is 17.0 Å². The average molecular weight is 456 g/mol. The number of nitrogens with two attached hydrogens (primary N) is 1. The van der Waals surface area contributed by atoms with Crippen molar-refractivity contribution in [1.29, 1.82) is 0 Å². The Balaban J connectivity index is 1.62. The summed E-state index contributed by atoms with van der Waals surface area (Å²) in [6.07, 6.45) is 6.07. The monoisotopic (exact) mass is 455 g/mol. The number of aryl methyl sites for hydroxylation is 1. The topological polar surface area (TPSA) is 117 Å². The minimum Gasteiger partial charge on any atom is -0.325 e. The molecule has 0 spiro atoms. The summed E-state index contributed by atoms with van der Waals surface area (Å²) in [7, 11) is 1.84. The molecule has 1 saturated carbocycles. The van der Waals surface area contributed by atoms with Crippen LogP contribution in [-0.2, 0) is 13.6 Å². The van der Waals surface area contributed by atoms with Gasteiger partial charge in [-0.05, 0) is 42.7 Å². The van der Waals surface area contributed by atoms with Crippen molar-refractivity contribution in [3.05, 3.63) is 75.2 Å². The zero-order chi connectivity index (χ0) is 23.4. The van der Waals surface area contributed by atoms with Crippen molar-refractivity contribution < 1.29 is 0 Å². The van der Waals surface area contributed by atoms with Gasteiger partial charge in [0.1, 0.15) is 5.82 Å². The molecule has 3 aromatic heterocycles. The molecule has 3 heterocycles. The number of H-pyrrole nitrogens is 1. The van der Waals surface area contributed by atoms with Crippen molar-refractivity contribution in [2.75, 3.05) is 0 Å². The molecule has 34 heavy (non-hydrogen) atoms. The van der Waals surface area contributed by atoms with E-state index in [1.54, 1.807) is 21.5 Å². The largest absolute Gasteiger partial charge is 0.335 e. The summed E-state index contributed by atoms with van der Waals surface area (Å²) in [5, 5.41) is 12.3. The third kappa shape index (κ3) is 2.97. The molecule has 9 nitrogen and oxygen atoms in total. The van der Waals surface area contributed by atoms with Crippen LogP contribution in [0.15, 0.2) is 58.3 Å². The fourth-order valence-electron chi connectivity index (χ4n) is 5.33. The van der Waals surface area contributed by atoms with Gasteiger partial charge in [0.2, 0.25) is 0 Å². The number of imidazole rings is 1. The summed E-state index contributed by atoms with van der Waals surface area (Å²) in [5.74, 6) is 0.685. The number of fused-ring (bicyclic) bond motifs is 2. The van der Waals surface area contributed by atoms with Gasteiger partial charge in [0.25, 0.3) is 5.56 Å². The Kier molecular flexibility index (Phi) is 4.73. The van der Waals surface area contributed by atoms with Crippen molar-refractivity contribution in [3.63, 3.8) is 0 Å². The number of aromatic nitrogens is 6. The van der Waals surface area contributed by atoms with Gasteiger partial charge < -0.3 is 5.73 Å². The number of nitrogens with zero attached hydrogens (tertiary/aromatic N) is 5. The third-order valence-electron chi connectivity index (χ3n) is 6.96. The quantitative estimate of drug-likeness (QED) is 0.432. The zero-order valence-electron chi connectivity index (χ0n) is 18.9.